The van der Waals surface area contributed by atoms with E-state index in [-0.39, 0.29) is 0 Å². The Labute approximate surface area is 206 Å². The Morgan fingerprint density at radius 1 is 0.758 bits per heavy atom. The van der Waals surface area contributed by atoms with Crippen molar-refractivity contribution in [1.82, 2.24) is 0 Å². The quantitative estimate of drug-likeness (QED) is 0.159. The number of aliphatic hydroxyl groups is 5. The lowest BCUT2D eigenvalue weighted by atomic mass is 9.84. The molecule has 0 radical (unpaired) electrons. The van der Waals surface area contributed by atoms with E-state index in [0.717, 1.165) is 18.6 Å². The molecule has 198 valence electrons. The lowest BCUT2D eigenvalue weighted by molar-refractivity contribution is -0.327. The van der Waals surface area contributed by atoms with E-state index in [1.807, 2.05) is 0 Å². The van der Waals surface area contributed by atoms with Crippen molar-refractivity contribution >= 4 is 11.8 Å². The Kier molecular flexibility index (Phi) is 17.4. The molecule has 0 aromatic rings. The average molecular weight is 493 g/mol. The first kappa shape index (κ1) is 31.1. The van der Waals surface area contributed by atoms with Crippen LogP contribution < -0.4 is 0 Å². The van der Waals surface area contributed by atoms with Crippen LogP contribution in [0.1, 0.15) is 117 Å². The lowest BCUT2D eigenvalue weighted by Crippen LogP contribution is -2.70. The van der Waals surface area contributed by atoms with Crippen LogP contribution in [0, 0.1) is 0 Å². The summed E-state index contributed by atoms with van der Waals surface area (Å²) in [5.74, 6) is 0.806. The second-order valence-electron chi connectivity index (χ2n) is 9.85. The molecule has 1 aliphatic heterocycles. The summed E-state index contributed by atoms with van der Waals surface area (Å²) in [5, 5.41) is 50.0. The SMILES string of the molecule is CCCCCCCCCCCCCCCCCCSC(C)[C@]1(O)[C@@H](O)O[C@H](CO)[C@H](O)[C@@H]1O. The van der Waals surface area contributed by atoms with Crippen LogP contribution in [0.2, 0.25) is 0 Å². The molecule has 1 rings (SSSR count). The average Bonchev–Trinajstić information content (AvgIpc) is 2.81. The van der Waals surface area contributed by atoms with Crippen molar-refractivity contribution < 1.29 is 30.3 Å². The van der Waals surface area contributed by atoms with Crippen LogP contribution >= 0.6 is 11.8 Å². The first-order valence-corrected chi connectivity index (χ1v) is 14.6. The first-order valence-electron chi connectivity index (χ1n) is 13.5. The fourth-order valence-corrected chi connectivity index (χ4v) is 5.86. The summed E-state index contributed by atoms with van der Waals surface area (Å²) in [4.78, 5) is 0. The predicted octanol–water partition coefficient (Wildman–Crippen LogP) is 4.53. The van der Waals surface area contributed by atoms with Gasteiger partial charge in [0.15, 0.2) is 11.9 Å². The molecule has 0 bridgehead atoms. The van der Waals surface area contributed by atoms with Gasteiger partial charge in [-0.2, -0.15) is 11.8 Å². The topological polar surface area (TPSA) is 110 Å². The molecule has 1 aliphatic rings. The zero-order chi connectivity index (χ0) is 24.5. The van der Waals surface area contributed by atoms with Gasteiger partial charge in [-0.05, 0) is 12.2 Å². The number of hydrogen-bond acceptors (Lipinski definition) is 7. The van der Waals surface area contributed by atoms with Gasteiger partial charge in [-0.3, -0.25) is 0 Å². The predicted molar refractivity (Wildman–Crippen MR) is 136 cm³/mol. The van der Waals surface area contributed by atoms with Gasteiger partial charge in [-0.25, -0.2) is 0 Å². The third-order valence-corrected chi connectivity index (χ3v) is 8.48. The van der Waals surface area contributed by atoms with Gasteiger partial charge in [0.1, 0.15) is 18.3 Å². The molecule has 33 heavy (non-hydrogen) atoms. The van der Waals surface area contributed by atoms with Gasteiger partial charge in [0, 0.05) is 5.25 Å². The van der Waals surface area contributed by atoms with E-state index >= 15 is 0 Å². The Hall–Kier alpha value is 0.110. The van der Waals surface area contributed by atoms with Gasteiger partial charge >= 0.3 is 0 Å². The normalized spacial score (nSPS) is 28.8. The summed E-state index contributed by atoms with van der Waals surface area (Å²) >= 11 is 1.46. The summed E-state index contributed by atoms with van der Waals surface area (Å²) in [6.07, 6.45) is 15.4. The zero-order valence-electron chi connectivity index (χ0n) is 21.2. The minimum atomic E-state index is -1.97. The Morgan fingerprint density at radius 3 is 1.61 bits per heavy atom. The van der Waals surface area contributed by atoms with Gasteiger partial charge in [0.25, 0.3) is 0 Å². The molecule has 7 heteroatoms. The smallest absolute Gasteiger partial charge is 0.188 e. The van der Waals surface area contributed by atoms with E-state index in [0.29, 0.717) is 0 Å². The molecule has 0 aromatic carbocycles. The maximum atomic E-state index is 10.8. The van der Waals surface area contributed by atoms with Crippen LogP contribution in [0.3, 0.4) is 0 Å². The van der Waals surface area contributed by atoms with E-state index in [9.17, 15) is 25.5 Å². The second kappa shape index (κ2) is 18.4. The molecule has 1 fully saturated rings. The highest BCUT2D eigenvalue weighted by Gasteiger charge is 2.57. The molecule has 5 N–H and O–H groups in total. The largest absolute Gasteiger partial charge is 0.394 e. The summed E-state index contributed by atoms with van der Waals surface area (Å²) in [6, 6.07) is 0. The van der Waals surface area contributed by atoms with Crippen molar-refractivity contribution in [2.24, 2.45) is 0 Å². The number of thioether (sulfide) groups is 1. The van der Waals surface area contributed by atoms with Gasteiger partial charge in [-0.15, -0.1) is 0 Å². The Balaban J connectivity index is 1.99. The summed E-state index contributed by atoms with van der Waals surface area (Å²) < 4.78 is 5.12. The fraction of sp³-hybridized carbons (Fsp3) is 1.00. The van der Waals surface area contributed by atoms with Crippen molar-refractivity contribution in [2.45, 2.75) is 152 Å². The summed E-state index contributed by atoms with van der Waals surface area (Å²) in [6.45, 7) is 3.45. The molecular formula is C26H52O6S. The molecule has 0 amide bonds. The molecule has 0 aliphatic carbocycles. The molecule has 6 atom stereocenters. The van der Waals surface area contributed by atoms with Crippen molar-refractivity contribution in [2.75, 3.05) is 12.4 Å². The minimum absolute atomic E-state index is 0.520. The molecule has 6 nitrogen and oxygen atoms in total. The maximum absolute atomic E-state index is 10.8. The van der Waals surface area contributed by atoms with Crippen molar-refractivity contribution in [1.29, 1.82) is 0 Å². The van der Waals surface area contributed by atoms with Crippen molar-refractivity contribution in [3.05, 3.63) is 0 Å². The van der Waals surface area contributed by atoms with Gasteiger partial charge in [-0.1, -0.05) is 110 Å². The van der Waals surface area contributed by atoms with Crippen LogP contribution in [-0.2, 0) is 4.74 Å². The lowest BCUT2D eigenvalue weighted by Gasteiger charge is -2.48. The van der Waals surface area contributed by atoms with Crippen molar-refractivity contribution in [3.63, 3.8) is 0 Å². The zero-order valence-corrected chi connectivity index (χ0v) is 22.0. The van der Waals surface area contributed by atoms with E-state index in [4.69, 9.17) is 4.74 Å². The van der Waals surface area contributed by atoms with Gasteiger partial charge in [0.2, 0.25) is 0 Å². The van der Waals surface area contributed by atoms with E-state index in [1.165, 1.54) is 102 Å². The fourth-order valence-electron chi connectivity index (χ4n) is 4.61. The second-order valence-corrected chi connectivity index (χ2v) is 11.3. The third-order valence-electron chi connectivity index (χ3n) is 7.07. The summed E-state index contributed by atoms with van der Waals surface area (Å²) in [7, 11) is 0. The van der Waals surface area contributed by atoms with Crippen LogP contribution in [0.15, 0.2) is 0 Å². The molecular weight excluding hydrogens is 440 g/mol. The van der Waals surface area contributed by atoms with Crippen LogP contribution in [0.25, 0.3) is 0 Å². The number of ether oxygens (including phenoxy) is 1. The maximum Gasteiger partial charge on any atom is 0.188 e. The van der Waals surface area contributed by atoms with E-state index in [2.05, 4.69) is 6.92 Å². The highest BCUT2D eigenvalue weighted by Crippen LogP contribution is 2.37. The highest BCUT2D eigenvalue weighted by molar-refractivity contribution is 7.99. The summed E-state index contributed by atoms with van der Waals surface area (Å²) in [5.41, 5.74) is -1.97. The number of aliphatic hydroxyl groups excluding tert-OH is 4. The monoisotopic (exact) mass is 492 g/mol. The highest BCUT2D eigenvalue weighted by atomic mass is 32.2. The minimum Gasteiger partial charge on any atom is -0.394 e. The number of rotatable bonds is 20. The first-order chi connectivity index (χ1) is 15.9. The third kappa shape index (κ3) is 11.1. The molecule has 0 spiro atoms. The number of unbranched alkanes of at least 4 members (excludes halogenated alkanes) is 15. The van der Waals surface area contributed by atoms with E-state index < -0.39 is 42.1 Å². The van der Waals surface area contributed by atoms with Crippen LogP contribution in [0.4, 0.5) is 0 Å². The Morgan fingerprint density at radius 2 is 1.18 bits per heavy atom. The number of hydrogen-bond donors (Lipinski definition) is 5. The molecule has 0 saturated carbocycles. The molecule has 0 aromatic heterocycles. The molecule has 1 heterocycles. The molecule has 1 unspecified atom stereocenters. The molecule has 1 saturated heterocycles. The Bertz CT molecular complexity index is 468. The standard InChI is InChI=1S/C26H52O6S/c1-3-4-5-6-7-8-9-10-11-12-13-14-15-16-17-18-19-33-21(2)26(31)24(29)23(28)22(20-27)32-25(26)30/h21-25,27-31H,3-20H2,1-2H3/t21?,22-,23+,24+,25+,26-/m1/s1. The van der Waals surface area contributed by atoms with Crippen LogP contribution in [0.5, 0.6) is 0 Å². The van der Waals surface area contributed by atoms with Crippen molar-refractivity contribution in [3.8, 4) is 0 Å². The van der Waals surface area contributed by atoms with Gasteiger partial charge in [0.05, 0.1) is 6.61 Å². The van der Waals surface area contributed by atoms with Crippen LogP contribution in [-0.4, -0.2) is 73.3 Å². The van der Waals surface area contributed by atoms with Gasteiger partial charge < -0.3 is 30.3 Å². The van der Waals surface area contributed by atoms with E-state index in [1.54, 1.807) is 6.92 Å².